The molecule has 162 valence electrons. The van der Waals surface area contributed by atoms with E-state index in [1.807, 2.05) is 79.7 Å². The van der Waals surface area contributed by atoms with Crippen LogP contribution in [0.2, 0.25) is 0 Å². The maximum absolute atomic E-state index is 12.7. The molecule has 1 aromatic heterocycles. The molecule has 0 aliphatic carbocycles. The number of nitrogens with one attached hydrogen (secondary N) is 1. The van der Waals surface area contributed by atoms with Gasteiger partial charge < -0.3 is 10.1 Å². The lowest BCUT2D eigenvalue weighted by atomic mass is 10.1. The van der Waals surface area contributed by atoms with Crippen molar-refractivity contribution in [2.24, 2.45) is 0 Å². The van der Waals surface area contributed by atoms with E-state index in [2.05, 4.69) is 16.9 Å². The van der Waals surface area contributed by atoms with Gasteiger partial charge in [0, 0.05) is 12.0 Å². The van der Waals surface area contributed by atoms with Crippen molar-refractivity contribution in [1.82, 2.24) is 9.97 Å². The van der Waals surface area contributed by atoms with Crippen LogP contribution in [0.4, 0.5) is 5.82 Å². The highest BCUT2D eigenvalue weighted by molar-refractivity contribution is 5.92. The molecule has 0 saturated heterocycles. The number of rotatable bonds is 9. The first kappa shape index (κ1) is 22.7. The van der Waals surface area contributed by atoms with E-state index < -0.39 is 0 Å². The minimum Gasteiger partial charge on any atom is -0.497 e. The normalized spacial score (nSPS) is 11.4. The van der Waals surface area contributed by atoms with Crippen LogP contribution in [0.25, 0.3) is 11.3 Å². The van der Waals surface area contributed by atoms with Crippen LogP contribution in [0.15, 0.2) is 97.3 Å². The first-order valence-corrected chi connectivity index (χ1v) is 10.4. The molecular formula is C27H27N3O2. The number of benzene rings is 2. The van der Waals surface area contributed by atoms with Gasteiger partial charge in [0.05, 0.1) is 31.1 Å². The highest BCUT2D eigenvalue weighted by atomic mass is 16.5. The van der Waals surface area contributed by atoms with E-state index >= 15 is 0 Å². The van der Waals surface area contributed by atoms with Crippen molar-refractivity contribution in [3.63, 3.8) is 0 Å². The van der Waals surface area contributed by atoms with Crippen molar-refractivity contribution >= 4 is 11.7 Å². The number of methoxy groups -OCH3 is 1. The average molecular weight is 426 g/mol. The molecule has 1 N–H and O–H groups in total. The highest BCUT2D eigenvalue weighted by Gasteiger charge is 2.14. The predicted molar refractivity (Wildman–Crippen MR) is 130 cm³/mol. The molecule has 0 unspecified atom stereocenters. The highest BCUT2D eigenvalue weighted by Crippen LogP contribution is 2.24. The first-order chi connectivity index (χ1) is 15.6. The van der Waals surface area contributed by atoms with Gasteiger partial charge in [0.1, 0.15) is 5.75 Å². The fourth-order valence-electron chi connectivity index (χ4n) is 3.16. The third-order valence-electron chi connectivity index (χ3n) is 4.88. The van der Waals surface area contributed by atoms with Gasteiger partial charge in [-0.15, -0.1) is 0 Å². The number of aromatic nitrogens is 2. The zero-order valence-corrected chi connectivity index (χ0v) is 18.4. The first-order valence-electron chi connectivity index (χ1n) is 10.4. The molecule has 3 rings (SSSR count). The van der Waals surface area contributed by atoms with Crippen LogP contribution in [0.1, 0.15) is 18.2 Å². The SMILES string of the molecule is C=C/C=C\C(=C/C)Cc1nc(-c2ccc(OC)cc2)cnc1NC(=O)Cc1ccccc1. The number of anilines is 1. The smallest absolute Gasteiger partial charge is 0.229 e. The summed E-state index contributed by atoms with van der Waals surface area (Å²) >= 11 is 0. The van der Waals surface area contributed by atoms with Gasteiger partial charge in [-0.2, -0.15) is 0 Å². The Morgan fingerprint density at radius 2 is 1.84 bits per heavy atom. The minimum atomic E-state index is -0.132. The van der Waals surface area contributed by atoms with Crippen LogP contribution in [-0.2, 0) is 17.6 Å². The molecule has 3 aromatic rings. The standard InChI is InChI=1S/C27H27N3O2/c1-4-6-10-20(5-2)17-24-27(30-26(31)18-21-11-8-7-9-12-21)28-19-25(29-24)22-13-15-23(32-3)16-14-22/h4-16,19H,1,17-18H2,2-3H3,(H,28,30,31)/b10-6-,20-5+. The molecule has 0 aliphatic heterocycles. The fourth-order valence-corrected chi connectivity index (χ4v) is 3.16. The van der Waals surface area contributed by atoms with Gasteiger partial charge in [0.15, 0.2) is 5.82 Å². The number of hydrogen-bond acceptors (Lipinski definition) is 4. The van der Waals surface area contributed by atoms with Crippen molar-refractivity contribution in [2.75, 3.05) is 12.4 Å². The molecule has 1 amide bonds. The van der Waals surface area contributed by atoms with E-state index in [-0.39, 0.29) is 12.3 Å². The van der Waals surface area contributed by atoms with Crippen LogP contribution in [0.5, 0.6) is 5.75 Å². The lowest BCUT2D eigenvalue weighted by Gasteiger charge is -2.12. The topological polar surface area (TPSA) is 64.1 Å². The summed E-state index contributed by atoms with van der Waals surface area (Å²) in [6, 6.07) is 17.3. The van der Waals surface area contributed by atoms with Gasteiger partial charge in [-0.1, -0.05) is 61.2 Å². The molecule has 5 heteroatoms. The van der Waals surface area contributed by atoms with E-state index in [1.54, 1.807) is 19.4 Å². The Balaban J connectivity index is 1.90. The molecule has 0 fully saturated rings. The number of amides is 1. The predicted octanol–water partition coefficient (Wildman–Crippen LogP) is 5.56. The van der Waals surface area contributed by atoms with Crippen molar-refractivity contribution in [1.29, 1.82) is 0 Å². The molecular weight excluding hydrogens is 398 g/mol. The Labute approximate surface area is 189 Å². The summed E-state index contributed by atoms with van der Waals surface area (Å²) in [5, 5.41) is 2.94. The second kappa shape index (κ2) is 11.4. The molecule has 0 saturated carbocycles. The second-order valence-electron chi connectivity index (χ2n) is 7.12. The van der Waals surface area contributed by atoms with Crippen LogP contribution in [-0.4, -0.2) is 23.0 Å². The van der Waals surface area contributed by atoms with Gasteiger partial charge in [-0.3, -0.25) is 4.79 Å². The molecule has 2 aromatic carbocycles. The van der Waals surface area contributed by atoms with Crippen molar-refractivity contribution in [3.05, 3.63) is 109 Å². The second-order valence-corrected chi connectivity index (χ2v) is 7.12. The third-order valence-corrected chi connectivity index (χ3v) is 4.88. The van der Waals surface area contributed by atoms with Gasteiger partial charge in [0.25, 0.3) is 0 Å². The molecule has 1 heterocycles. The monoisotopic (exact) mass is 425 g/mol. The number of hydrogen-bond donors (Lipinski definition) is 1. The Morgan fingerprint density at radius 3 is 2.50 bits per heavy atom. The van der Waals surface area contributed by atoms with E-state index in [9.17, 15) is 4.79 Å². The van der Waals surface area contributed by atoms with Crippen LogP contribution in [0, 0.1) is 0 Å². The molecule has 0 aliphatic rings. The quantitative estimate of drug-likeness (QED) is 0.456. The maximum Gasteiger partial charge on any atom is 0.229 e. The summed E-state index contributed by atoms with van der Waals surface area (Å²) in [4.78, 5) is 22.0. The summed E-state index contributed by atoms with van der Waals surface area (Å²) < 4.78 is 5.24. The fraction of sp³-hybridized carbons (Fsp3) is 0.148. The summed E-state index contributed by atoms with van der Waals surface area (Å²) in [5.74, 6) is 1.11. The van der Waals surface area contributed by atoms with Crippen molar-refractivity contribution < 1.29 is 9.53 Å². The molecule has 0 atom stereocenters. The molecule has 32 heavy (non-hydrogen) atoms. The van der Waals surface area contributed by atoms with E-state index in [4.69, 9.17) is 9.72 Å². The Bertz CT molecular complexity index is 1120. The van der Waals surface area contributed by atoms with Gasteiger partial charge in [-0.25, -0.2) is 9.97 Å². The zero-order valence-electron chi connectivity index (χ0n) is 18.4. The number of nitrogens with zero attached hydrogens (tertiary/aromatic N) is 2. The maximum atomic E-state index is 12.7. The number of ether oxygens (including phenoxy) is 1. The van der Waals surface area contributed by atoms with Crippen molar-refractivity contribution in [2.45, 2.75) is 19.8 Å². The van der Waals surface area contributed by atoms with E-state index in [0.29, 0.717) is 17.9 Å². The Kier molecular flexibility index (Phi) is 8.09. The van der Waals surface area contributed by atoms with Gasteiger partial charge >= 0.3 is 0 Å². The molecule has 0 bridgehead atoms. The summed E-state index contributed by atoms with van der Waals surface area (Å²) in [6.07, 6.45) is 10.1. The molecule has 0 spiro atoms. The minimum absolute atomic E-state index is 0.132. The van der Waals surface area contributed by atoms with Crippen molar-refractivity contribution in [3.8, 4) is 17.0 Å². The number of allylic oxidation sites excluding steroid dienone is 5. The summed E-state index contributed by atoms with van der Waals surface area (Å²) in [5.41, 5.74) is 4.33. The average Bonchev–Trinajstić information content (AvgIpc) is 2.83. The van der Waals surface area contributed by atoms with Crippen LogP contribution in [0.3, 0.4) is 0 Å². The van der Waals surface area contributed by atoms with E-state index in [1.165, 1.54) is 0 Å². The zero-order chi connectivity index (χ0) is 22.8. The number of carbonyl (C=O) groups excluding carboxylic acids is 1. The lowest BCUT2D eigenvalue weighted by molar-refractivity contribution is -0.115. The van der Waals surface area contributed by atoms with Gasteiger partial charge in [-0.05, 0) is 42.3 Å². The van der Waals surface area contributed by atoms with Crippen LogP contribution >= 0.6 is 0 Å². The summed E-state index contributed by atoms with van der Waals surface area (Å²) in [7, 11) is 1.63. The third kappa shape index (κ3) is 6.25. The van der Waals surface area contributed by atoms with Crippen LogP contribution < -0.4 is 10.1 Å². The number of carbonyl (C=O) groups is 1. The van der Waals surface area contributed by atoms with Gasteiger partial charge in [0.2, 0.25) is 5.91 Å². The molecule has 0 radical (unpaired) electrons. The Morgan fingerprint density at radius 1 is 1.09 bits per heavy atom. The van der Waals surface area contributed by atoms with E-state index in [0.717, 1.165) is 28.1 Å². The molecule has 5 nitrogen and oxygen atoms in total. The Hall–Kier alpha value is -3.99. The summed E-state index contributed by atoms with van der Waals surface area (Å²) in [6.45, 7) is 5.70. The lowest BCUT2D eigenvalue weighted by Crippen LogP contribution is -2.17. The largest absolute Gasteiger partial charge is 0.497 e.